The molecule has 1 aromatic rings. The molecule has 1 atom stereocenters. The first-order valence-corrected chi connectivity index (χ1v) is 8.80. The van der Waals surface area contributed by atoms with E-state index in [9.17, 15) is 9.36 Å². The Morgan fingerprint density at radius 1 is 1.33 bits per heavy atom. The summed E-state index contributed by atoms with van der Waals surface area (Å²) in [6.07, 6.45) is 1.39. The second kappa shape index (κ2) is 5.16. The summed E-state index contributed by atoms with van der Waals surface area (Å²) in [7, 11) is -2.74. The second-order valence-corrected chi connectivity index (χ2v) is 8.06. The molecule has 0 bridgehead atoms. The maximum absolute atomic E-state index is 12.1. The highest BCUT2D eigenvalue weighted by molar-refractivity contribution is 7.57. The first kappa shape index (κ1) is 13.8. The number of rotatable bonds is 4. The Morgan fingerprint density at radius 3 is 2.28 bits per heavy atom. The minimum atomic E-state index is -2.74. The van der Waals surface area contributed by atoms with Crippen LogP contribution in [0.1, 0.15) is 11.1 Å². The van der Waals surface area contributed by atoms with Gasteiger partial charge in [-0.15, -0.1) is 0 Å². The normalized spacial score (nSPS) is 17.5. The second-order valence-electron chi connectivity index (χ2n) is 4.95. The molecule has 5 heteroatoms. The number of halogens is 1. The van der Waals surface area contributed by atoms with E-state index in [1.165, 1.54) is 24.5 Å². The summed E-state index contributed by atoms with van der Waals surface area (Å²) in [5.74, 6) is -0.326. The van der Waals surface area contributed by atoms with Crippen LogP contribution < -0.4 is 0 Å². The highest BCUT2D eigenvalue weighted by atomic mass is 35.5. The lowest BCUT2D eigenvalue weighted by Crippen LogP contribution is -2.26. The van der Waals surface area contributed by atoms with Crippen molar-refractivity contribution in [2.24, 2.45) is 5.92 Å². The van der Waals surface area contributed by atoms with E-state index in [2.05, 4.69) is 0 Å². The van der Waals surface area contributed by atoms with Gasteiger partial charge >= 0.3 is 0 Å². The first-order chi connectivity index (χ1) is 8.37. The molecule has 0 saturated carbocycles. The van der Waals surface area contributed by atoms with Gasteiger partial charge in [-0.3, -0.25) is 9.36 Å². The average Bonchev–Trinajstić information content (AvgIpc) is 2.68. The number of ketones is 1. The Hall–Kier alpha value is -0.630. The molecule has 1 aromatic carbocycles. The molecule has 98 valence electrons. The van der Waals surface area contributed by atoms with Crippen molar-refractivity contribution in [2.75, 3.05) is 13.3 Å². The fourth-order valence-corrected chi connectivity index (χ4v) is 3.52. The summed E-state index contributed by atoms with van der Waals surface area (Å²) >= 11 is 5.89. The number of carbonyl (C=O) groups is 1. The molecule has 1 aliphatic rings. The van der Waals surface area contributed by atoms with E-state index in [4.69, 9.17) is 16.1 Å². The summed E-state index contributed by atoms with van der Waals surface area (Å²) in [5.41, 5.74) is 1.27. The topological polar surface area (TPSA) is 43.4 Å². The molecule has 0 saturated heterocycles. The summed E-state index contributed by atoms with van der Waals surface area (Å²) in [4.78, 5) is 12.1. The maximum Gasteiger partial charge on any atom is 0.199 e. The van der Waals surface area contributed by atoms with E-state index in [1.807, 2.05) is 24.3 Å². The monoisotopic (exact) mass is 286 g/mol. The first-order valence-electron chi connectivity index (χ1n) is 5.85. The Morgan fingerprint density at radius 2 is 1.83 bits per heavy atom. The lowest BCUT2D eigenvalue weighted by atomic mass is 10.0. The third-order valence-corrected chi connectivity index (χ3v) is 4.17. The fourth-order valence-electron chi connectivity index (χ4n) is 2.22. The van der Waals surface area contributed by atoms with Crippen LogP contribution in [0.2, 0.25) is 0 Å². The van der Waals surface area contributed by atoms with Crippen LogP contribution in [0.25, 0.3) is 0 Å². The highest BCUT2D eigenvalue weighted by Crippen LogP contribution is 2.41. The zero-order chi connectivity index (χ0) is 13.3. The van der Waals surface area contributed by atoms with E-state index in [0.717, 1.165) is 0 Å². The Labute approximate surface area is 112 Å². The largest absolute Gasteiger partial charge is 0.301 e. The summed E-state index contributed by atoms with van der Waals surface area (Å²) in [6, 6.07) is 7.98. The molecule has 0 fully saturated rings. The molecule has 3 nitrogen and oxygen atoms in total. The van der Waals surface area contributed by atoms with Crippen molar-refractivity contribution in [3.05, 3.63) is 35.4 Å². The molecule has 0 N–H and O–H groups in total. The van der Waals surface area contributed by atoms with Gasteiger partial charge in [-0.1, -0.05) is 35.9 Å². The highest BCUT2D eigenvalue weighted by Gasteiger charge is 2.33. The van der Waals surface area contributed by atoms with Crippen LogP contribution in [-0.2, 0) is 26.7 Å². The number of benzene rings is 1. The number of hydrogen-bond acceptors (Lipinski definition) is 3. The van der Waals surface area contributed by atoms with Gasteiger partial charge < -0.3 is 4.52 Å². The SMILES string of the molecule is CP(C)(=O)OC(Cl)C(=O)C1Cc2ccccc2C1. The molecule has 2 rings (SSSR count). The van der Waals surface area contributed by atoms with Crippen molar-refractivity contribution >= 4 is 24.8 Å². The number of Topliss-reactive ketones (excluding diaryl/α,β-unsaturated/α-hetero) is 1. The lowest BCUT2D eigenvalue weighted by molar-refractivity contribution is -0.126. The van der Waals surface area contributed by atoms with Crippen LogP contribution in [0.4, 0.5) is 0 Å². The van der Waals surface area contributed by atoms with Crippen molar-refractivity contribution in [2.45, 2.75) is 18.4 Å². The smallest absolute Gasteiger partial charge is 0.199 e. The predicted molar refractivity (Wildman–Crippen MR) is 72.5 cm³/mol. The minimum absolute atomic E-state index is 0.156. The van der Waals surface area contributed by atoms with Crippen molar-refractivity contribution < 1.29 is 13.9 Å². The average molecular weight is 287 g/mol. The molecule has 0 spiro atoms. The quantitative estimate of drug-likeness (QED) is 0.631. The Bertz CT molecular complexity index is 484. The van der Waals surface area contributed by atoms with Crippen LogP contribution in [0.5, 0.6) is 0 Å². The minimum Gasteiger partial charge on any atom is -0.301 e. The van der Waals surface area contributed by atoms with Crippen LogP contribution in [0.3, 0.4) is 0 Å². The van der Waals surface area contributed by atoms with E-state index >= 15 is 0 Å². The van der Waals surface area contributed by atoms with Crippen LogP contribution in [0, 0.1) is 5.92 Å². The van der Waals surface area contributed by atoms with Gasteiger partial charge in [0.05, 0.1) is 0 Å². The van der Waals surface area contributed by atoms with E-state index in [-0.39, 0.29) is 11.7 Å². The molecular weight excluding hydrogens is 271 g/mol. The molecular formula is C13H16ClO3P. The Balaban J connectivity index is 2.03. The molecule has 0 amide bonds. The van der Waals surface area contributed by atoms with Gasteiger partial charge in [-0.25, -0.2) is 0 Å². The van der Waals surface area contributed by atoms with E-state index in [0.29, 0.717) is 12.8 Å². The summed E-state index contributed by atoms with van der Waals surface area (Å²) < 4.78 is 16.6. The molecule has 0 aromatic heterocycles. The standard InChI is InChI=1S/C13H16ClO3P/c1-18(2,16)17-13(14)12(15)11-7-9-5-3-4-6-10(9)8-11/h3-6,11,13H,7-8H2,1-2H3. The van der Waals surface area contributed by atoms with Crippen molar-refractivity contribution in [3.63, 3.8) is 0 Å². The number of alkyl halides is 1. The van der Waals surface area contributed by atoms with Gasteiger partial charge in [-0.2, -0.15) is 0 Å². The third kappa shape index (κ3) is 3.23. The summed E-state index contributed by atoms with van der Waals surface area (Å²) in [5, 5.41) is 0. The molecule has 18 heavy (non-hydrogen) atoms. The predicted octanol–water partition coefficient (Wildman–Crippen LogP) is 3.09. The van der Waals surface area contributed by atoms with Gasteiger partial charge in [0, 0.05) is 19.2 Å². The van der Waals surface area contributed by atoms with Crippen LogP contribution in [0.15, 0.2) is 24.3 Å². The molecule has 0 aliphatic heterocycles. The van der Waals surface area contributed by atoms with Gasteiger partial charge in [0.1, 0.15) is 0 Å². The van der Waals surface area contributed by atoms with Gasteiger partial charge in [0.25, 0.3) is 0 Å². The molecule has 1 aliphatic carbocycles. The zero-order valence-electron chi connectivity index (χ0n) is 10.4. The van der Waals surface area contributed by atoms with Crippen LogP contribution >= 0.6 is 19.0 Å². The number of fused-ring (bicyclic) bond motifs is 1. The van der Waals surface area contributed by atoms with Gasteiger partial charge in [0.2, 0.25) is 0 Å². The van der Waals surface area contributed by atoms with E-state index in [1.54, 1.807) is 0 Å². The van der Waals surface area contributed by atoms with Gasteiger partial charge in [-0.05, 0) is 24.0 Å². The van der Waals surface area contributed by atoms with Crippen molar-refractivity contribution in [1.82, 2.24) is 0 Å². The number of carbonyl (C=O) groups excluding carboxylic acids is 1. The van der Waals surface area contributed by atoms with Crippen molar-refractivity contribution in [1.29, 1.82) is 0 Å². The fraction of sp³-hybridized carbons (Fsp3) is 0.462. The third-order valence-electron chi connectivity index (χ3n) is 3.02. The van der Waals surface area contributed by atoms with E-state index < -0.39 is 12.9 Å². The lowest BCUT2D eigenvalue weighted by Gasteiger charge is -2.16. The zero-order valence-corrected chi connectivity index (χ0v) is 12.1. The molecule has 0 heterocycles. The Kier molecular flexibility index (Phi) is 3.96. The van der Waals surface area contributed by atoms with Crippen LogP contribution in [-0.4, -0.2) is 24.7 Å². The molecule has 0 radical (unpaired) electrons. The van der Waals surface area contributed by atoms with Gasteiger partial charge in [0.15, 0.2) is 18.7 Å². The van der Waals surface area contributed by atoms with Crippen molar-refractivity contribution in [3.8, 4) is 0 Å². The number of hydrogen-bond donors (Lipinski definition) is 0. The summed E-state index contributed by atoms with van der Waals surface area (Å²) in [6.45, 7) is 2.91. The molecule has 1 unspecified atom stereocenters. The maximum atomic E-state index is 12.1.